The summed E-state index contributed by atoms with van der Waals surface area (Å²) < 4.78 is 10.2. The van der Waals surface area contributed by atoms with Crippen molar-refractivity contribution in [3.05, 3.63) is 103 Å². The van der Waals surface area contributed by atoms with Gasteiger partial charge in [-0.3, -0.25) is 9.78 Å². The molecule has 278 valence electrons. The van der Waals surface area contributed by atoms with Crippen LogP contribution in [0.25, 0.3) is 33.8 Å². The van der Waals surface area contributed by atoms with Crippen LogP contribution in [-0.2, 0) is 14.3 Å². The second kappa shape index (κ2) is 15.5. The van der Waals surface area contributed by atoms with E-state index in [2.05, 4.69) is 25.3 Å². The van der Waals surface area contributed by atoms with Crippen LogP contribution in [0.3, 0.4) is 0 Å². The lowest BCUT2D eigenvalue weighted by Crippen LogP contribution is -2.48. The maximum absolute atomic E-state index is 13.9. The van der Waals surface area contributed by atoms with E-state index in [1.54, 1.807) is 11.1 Å². The first-order valence-electron chi connectivity index (χ1n) is 18.5. The minimum Gasteiger partial charge on any atom is -0.453 e. The van der Waals surface area contributed by atoms with Gasteiger partial charge in [0.25, 0.3) is 5.91 Å². The van der Waals surface area contributed by atoms with E-state index in [-0.39, 0.29) is 24.0 Å². The summed E-state index contributed by atoms with van der Waals surface area (Å²) in [6.07, 6.45) is 8.18. The summed E-state index contributed by atoms with van der Waals surface area (Å²) in [5.74, 6) is 1.29. The molecule has 3 fully saturated rings. The van der Waals surface area contributed by atoms with Crippen LogP contribution in [0.1, 0.15) is 61.0 Å². The lowest BCUT2D eigenvalue weighted by molar-refractivity contribution is -0.134. The van der Waals surface area contributed by atoms with Gasteiger partial charge >= 0.3 is 12.1 Å². The number of nitrogens with one attached hydrogen (secondary N) is 3. The number of hydrogen-bond donors (Lipinski definition) is 3. The van der Waals surface area contributed by atoms with E-state index in [9.17, 15) is 14.4 Å². The van der Waals surface area contributed by atoms with Crippen LogP contribution in [0.4, 0.5) is 9.59 Å². The highest BCUT2D eigenvalue weighted by Crippen LogP contribution is 2.35. The number of morpholine rings is 1. The molecule has 3 aliphatic heterocycles. The Morgan fingerprint density at radius 3 is 2.00 bits per heavy atom. The highest BCUT2D eigenvalue weighted by atomic mass is 16.5. The molecule has 14 heteroatoms. The van der Waals surface area contributed by atoms with Crippen LogP contribution in [0.2, 0.25) is 0 Å². The van der Waals surface area contributed by atoms with Crippen molar-refractivity contribution in [3.63, 3.8) is 0 Å². The molecule has 3 N–H and O–H groups in total. The monoisotopic (exact) mass is 729 g/mol. The highest BCUT2D eigenvalue weighted by Gasteiger charge is 2.37. The zero-order chi connectivity index (χ0) is 37.0. The maximum Gasteiger partial charge on any atom is 0.407 e. The number of methoxy groups -OCH3 is 1. The largest absolute Gasteiger partial charge is 0.453 e. The van der Waals surface area contributed by atoms with Crippen molar-refractivity contribution in [3.8, 4) is 33.8 Å². The van der Waals surface area contributed by atoms with E-state index in [1.165, 1.54) is 7.11 Å². The maximum atomic E-state index is 13.9. The molecule has 0 radical (unpaired) electrons. The zero-order valence-electron chi connectivity index (χ0n) is 30.1. The number of amides is 4. The number of alkyl carbamates (subject to hydrolysis) is 1. The number of carbonyl (C=O) groups is 3. The van der Waals surface area contributed by atoms with Crippen molar-refractivity contribution in [2.24, 2.45) is 0 Å². The number of urea groups is 1. The van der Waals surface area contributed by atoms with E-state index in [1.807, 2.05) is 88.9 Å². The average Bonchev–Trinajstić information content (AvgIpc) is 4.07. The minimum atomic E-state index is -0.874. The van der Waals surface area contributed by atoms with Gasteiger partial charge in [0.15, 0.2) is 0 Å². The quantitative estimate of drug-likeness (QED) is 0.179. The number of hydrogen-bond acceptors (Lipinski definition) is 8. The van der Waals surface area contributed by atoms with Crippen molar-refractivity contribution >= 4 is 18.0 Å². The van der Waals surface area contributed by atoms with Crippen LogP contribution >= 0.6 is 0 Å². The molecule has 54 heavy (non-hydrogen) atoms. The molecule has 6 heterocycles. The second-order valence-electron chi connectivity index (χ2n) is 13.8. The number of benzene rings is 2. The Kier molecular flexibility index (Phi) is 10.1. The van der Waals surface area contributed by atoms with Crippen molar-refractivity contribution in [2.45, 2.75) is 43.8 Å². The molecule has 3 aliphatic rings. The van der Waals surface area contributed by atoms with E-state index in [0.29, 0.717) is 44.2 Å². The van der Waals surface area contributed by atoms with Crippen LogP contribution < -0.4 is 5.32 Å². The predicted octanol–water partition coefficient (Wildman–Crippen LogP) is 5.88. The number of aromatic nitrogens is 5. The fourth-order valence-electron chi connectivity index (χ4n) is 7.66. The lowest BCUT2D eigenvalue weighted by Gasteiger charge is -2.33. The minimum absolute atomic E-state index is 0.0553. The van der Waals surface area contributed by atoms with Crippen molar-refractivity contribution in [1.29, 1.82) is 0 Å². The molecule has 3 atom stereocenters. The Labute approximate surface area is 312 Å². The number of rotatable bonds is 8. The van der Waals surface area contributed by atoms with Gasteiger partial charge in [-0.05, 0) is 48.9 Å². The Bertz CT molecular complexity index is 2080. The van der Waals surface area contributed by atoms with Gasteiger partial charge < -0.3 is 39.5 Å². The summed E-state index contributed by atoms with van der Waals surface area (Å²) in [5, 5.41) is 2.71. The molecule has 0 aliphatic carbocycles. The van der Waals surface area contributed by atoms with Crippen molar-refractivity contribution < 1.29 is 23.9 Å². The summed E-state index contributed by atoms with van der Waals surface area (Å²) in [5.41, 5.74) is 6.06. The standard InChI is InChI=1S/C40H43N9O5/c1-53-39(51)46-35(28-7-3-2-4-8-28)38(50)48-17-5-9-33(48)36-42-24-31(44-36)27-13-11-26(12-14-27)30-16-15-29(23-41-30)32-25-43-37(45-32)34-10-6-18-49(34)40(52)47-19-21-54-22-20-47/h2-4,7-8,11-16,23-25,33-35H,5-6,9-10,17-22H2,1H3,(H,42,44)(H,43,45)(H,46,51)/t33-,34-,35+/m0/s1. The molecular formula is C40H43N9O5. The van der Waals surface area contributed by atoms with Gasteiger partial charge in [-0.25, -0.2) is 19.6 Å². The summed E-state index contributed by atoms with van der Waals surface area (Å²) >= 11 is 0. The molecule has 3 saturated heterocycles. The molecular weight excluding hydrogens is 686 g/mol. The van der Waals surface area contributed by atoms with Gasteiger partial charge in [-0.2, -0.15) is 0 Å². The fourth-order valence-corrected chi connectivity index (χ4v) is 7.66. The number of imidazole rings is 2. The van der Waals surface area contributed by atoms with E-state index in [0.717, 1.165) is 71.8 Å². The normalized spacial score (nSPS) is 19.2. The molecule has 3 aromatic heterocycles. The predicted molar refractivity (Wildman–Crippen MR) is 200 cm³/mol. The van der Waals surface area contributed by atoms with Crippen LogP contribution in [-0.4, -0.2) is 104 Å². The Morgan fingerprint density at radius 2 is 1.35 bits per heavy atom. The SMILES string of the molecule is COC(=O)N[C@@H](C(=O)N1CCC[C@H]1c1ncc(-c2ccc(-c3ccc(-c4cnc([C@@H]5CCCN5C(=O)N5CCOCC5)[nH]4)cn3)cc2)[nH]1)c1ccccc1. The van der Waals surface area contributed by atoms with Gasteiger partial charge in [0.2, 0.25) is 0 Å². The molecule has 0 spiro atoms. The van der Waals surface area contributed by atoms with E-state index < -0.39 is 12.1 Å². The first kappa shape index (κ1) is 35.0. The summed E-state index contributed by atoms with van der Waals surface area (Å²) in [6, 6.07) is 20.2. The molecule has 5 aromatic rings. The summed E-state index contributed by atoms with van der Waals surface area (Å²) in [7, 11) is 1.28. The molecule has 2 aromatic carbocycles. The number of aromatic amines is 2. The Morgan fingerprint density at radius 1 is 0.741 bits per heavy atom. The average molecular weight is 730 g/mol. The third kappa shape index (κ3) is 7.16. The molecule has 4 amide bonds. The number of ether oxygens (including phenoxy) is 2. The second-order valence-corrected chi connectivity index (χ2v) is 13.8. The van der Waals surface area contributed by atoms with Crippen molar-refractivity contribution in [1.82, 2.24) is 44.9 Å². The zero-order valence-corrected chi connectivity index (χ0v) is 30.1. The molecule has 0 unspecified atom stereocenters. The lowest BCUT2D eigenvalue weighted by atomic mass is 10.0. The fraction of sp³-hybridized carbons (Fsp3) is 0.350. The molecule has 0 bridgehead atoms. The summed E-state index contributed by atoms with van der Waals surface area (Å²) in [6.45, 7) is 3.68. The topological polar surface area (TPSA) is 162 Å². The Hall–Kier alpha value is -6.02. The Balaban J connectivity index is 0.924. The number of carbonyl (C=O) groups excluding carboxylic acids is 3. The van der Waals surface area contributed by atoms with Crippen molar-refractivity contribution in [2.75, 3.05) is 46.5 Å². The van der Waals surface area contributed by atoms with E-state index in [4.69, 9.17) is 14.5 Å². The number of pyridine rings is 1. The smallest absolute Gasteiger partial charge is 0.407 e. The highest BCUT2D eigenvalue weighted by molar-refractivity contribution is 5.87. The first-order chi connectivity index (χ1) is 26.5. The summed E-state index contributed by atoms with van der Waals surface area (Å²) in [4.78, 5) is 65.9. The first-order valence-corrected chi connectivity index (χ1v) is 18.5. The molecule has 8 rings (SSSR count). The number of H-pyrrole nitrogens is 2. The van der Waals surface area contributed by atoms with E-state index >= 15 is 0 Å². The van der Waals surface area contributed by atoms with Gasteiger partial charge in [0, 0.05) is 43.5 Å². The number of likely N-dealkylation sites (tertiary alicyclic amines) is 2. The van der Waals surface area contributed by atoms with Crippen LogP contribution in [0.15, 0.2) is 85.3 Å². The third-order valence-corrected chi connectivity index (χ3v) is 10.5. The molecule has 0 saturated carbocycles. The van der Waals surface area contributed by atoms with Gasteiger partial charge in [0.1, 0.15) is 17.7 Å². The van der Waals surface area contributed by atoms with Gasteiger partial charge in [0.05, 0.1) is 61.9 Å². The molecule has 14 nitrogen and oxygen atoms in total. The van der Waals surface area contributed by atoms with Gasteiger partial charge in [-0.15, -0.1) is 0 Å². The van der Waals surface area contributed by atoms with Crippen LogP contribution in [0, 0.1) is 0 Å². The van der Waals surface area contributed by atoms with Gasteiger partial charge in [-0.1, -0.05) is 54.6 Å². The third-order valence-electron chi connectivity index (χ3n) is 10.5. The number of nitrogens with zero attached hydrogens (tertiary/aromatic N) is 6. The van der Waals surface area contributed by atoms with Crippen LogP contribution in [0.5, 0.6) is 0 Å².